The van der Waals surface area contributed by atoms with Crippen molar-refractivity contribution in [3.05, 3.63) is 5.21 Å². The van der Waals surface area contributed by atoms with Crippen LogP contribution in [-0.2, 0) is 0 Å². The fourth-order valence-corrected chi connectivity index (χ4v) is 1.24. The molecule has 0 aliphatic rings. The van der Waals surface area contributed by atoms with Gasteiger partial charge >= 0.3 is 0 Å². The summed E-state index contributed by atoms with van der Waals surface area (Å²) in [4.78, 5) is 0. The number of nitrogens with zero attached hydrogens (tertiary/aromatic N) is 1. The van der Waals surface area contributed by atoms with Gasteiger partial charge in [-0.25, -0.2) is 0 Å². The first kappa shape index (κ1) is 11.9. The van der Waals surface area contributed by atoms with Crippen molar-refractivity contribution in [2.24, 2.45) is 5.73 Å². The second-order valence-electron chi connectivity index (χ2n) is 3.53. The van der Waals surface area contributed by atoms with Crippen molar-refractivity contribution in [2.75, 3.05) is 19.6 Å². The average molecular weight is 174 g/mol. The summed E-state index contributed by atoms with van der Waals surface area (Å²) in [5.41, 5.74) is 5.60. The third-order valence-electron chi connectivity index (χ3n) is 2.38. The van der Waals surface area contributed by atoms with Gasteiger partial charge in [0.05, 0.1) is 19.6 Å². The van der Waals surface area contributed by atoms with E-state index in [1.165, 1.54) is 0 Å². The van der Waals surface area contributed by atoms with Gasteiger partial charge < -0.3 is 15.6 Å². The molecule has 0 heterocycles. The van der Waals surface area contributed by atoms with Gasteiger partial charge in [0.1, 0.15) is 0 Å². The smallest absolute Gasteiger partial charge is 0.0784 e. The van der Waals surface area contributed by atoms with Gasteiger partial charge in [0.15, 0.2) is 0 Å². The molecule has 0 spiro atoms. The Kier molecular flexibility index (Phi) is 5.46. The highest BCUT2D eigenvalue weighted by Gasteiger charge is 2.10. The minimum atomic E-state index is -0.0628. The van der Waals surface area contributed by atoms with Gasteiger partial charge in [-0.1, -0.05) is 0 Å². The molecule has 0 aromatic carbocycles. The molecular weight excluding hydrogens is 152 g/mol. The third kappa shape index (κ3) is 4.70. The molecule has 0 radical (unpaired) electrons. The molecular formula is C9H22N2O. The largest absolute Gasteiger partial charge is 0.633 e. The number of quaternary nitrogens is 1. The fraction of sp³-hybridized carbons (Fsp3) is 1.00. The van der Waals surface area contributed by atoms with Crippen LogP contribution in [0.5, 0.6) is 0 Å². The number of rotatable bonds is 6. The summed E-state index contributed by atoms with van der Waals surface area (Å²) in [7, 11) is 0. The van der Waals surface area contributed by atoms with E-state index in [1.54, 1.807) is 0 Å². The normalized spacial score (nSPS) is 14.8. The Morgan fingerprint density at radius 3 is 2.17 bits per heavy atom. The predicted molar refractivity (Wildman–Crippen MR) is 52.5 cm³/mol. The van der Waals surface area contributed by atoms with Crippen LogP contribution in [0.1, 0.15) is 33.6 Å². The highest BCUT2D eigenvalue weighted by molar-refractivity contribution is 4.52. The molecule has 0 aliphatic carbocycles. The molecule has 2 N–H and O–H groups in total. The summed E-state index contributed by atoms with van der Waals surface area (Å²) in [6, 6.07) is 0.229. The van der Waals surface area contributed by atoms with Crippen molar-refractivity contribution < 1.29 is 4.65 Å². The Balaban J connectivity index is 3.58. The van der Waals surface area contributed by atoms with Crippen LogP contribution in [0.15, 0.2) is 0 Å². The summed E-state index contributed by atoms with van der Waals surface area (Å²) in [6.07, 6.45) is 1.91. The van der Waals surface area contributed by atoms with Crippen molar-refractivity contribution in [2.45, 2.75) is 39.7 Å². The van der Waals surface area contributed by atoms with E-state index in [-0.39, 0.29) is 10.7 Å². The van der Waals surface area contributed by atoms with E-state index in [1.807, 2.05) is 20.8 Å². The molecule has 74 valence electrons. The maximum atomic E-state index is 11.7. The van der Waals surface area contributed by atoms with Crippen LogP contribution in [0, 0.1) is 5.21 Å². The highest BCUT2D eigenvalue weighted by atomic mass is 16.5. The van der Waals surface area contributed by atoms with Gasteiger partial charge in [0.2, 0.25) is 0 Å². The van der Waals surface area contributed by atoms with Crippen LogP contribution in [0.3, 0.4) is 0 Å². The van der Waals surface area contributed by atoms with E-state index in [0.29, 0.717) is 19.6 Å². The molecule has 1 atom stereocenters. The molecule has 0 aliphatic heterocycles. The lowest BCUT2D eigenvalue weighted by atomic mass is 10.2. The molecule has 0 saturated heterocycles. The molecule has 0 amide bonds. The average Bonchev–Trinajstić information content (AvgIpc) is 2.03. The first-order valence-electron chi connectivity index (χ1n) is 4.86. The van der Waals surface area contributed by atoms with E-state index in [2.05, 4.69) is 0 Å². The zero-order valence-electron chi connectivity index (χ0n) is 8.55. The van der Waals surface area contributed by atoms with Crippen LogP contribution >= 0.6 is 0 Å². The molecule has 0 saturated carbocycles. The quantitative estimate of drug-likeness (QED) is 0.489. The number of hydrogen-bond acceptors (Lipinski definition) is 2. The maximum Gasteiger partial charge on any atom is 0.0784 e. The fourth-order valence-electron chi connectivity index (χ4n) is 1.24. The van der Waals surface area contributed by atoms with Crippen molar-refractivity contribution >= 4 is 0 Å². The van der Waals surface area contributed by atoms with Gasteiger partial charge in [0.25, 0.3) is 0 Å². The highest BCUT2D eigenvalue weighted by Crippen LogP contribution is 2.06. The van der Waals surface area contributed by atoms with Gasteiger partial charge in [-0.2, -0.15) is 0 Å². The van der Waals surface area contributed by atoms with Crippen LogP contribution in [0.25, 0.3) is 0 Å². The summed E-state index contributed by atoms with van der Waals surface area (Å²) >= 11 is 0. The summed E-state index contributed by atoms with van der Waals surface area (Å²) < 4.78 is -0.0628. The van der Waals surface area contributed by atoms with Gasteiger partial charge in [0, 0.05) is 6.04 Å². The summed E-state index contributed by atoms with van der Waals surface area (Å²) in [5.74, 6) is 0. The zero-order chi connectivity index (χ0) is 9.61. The van der Waals surface area contributed by atoms with Crippen LogP contribution < -0.4 is 5.73 Å². The van der Waals surface area contributed by atoms with E-state index in [9.17, 15) is 5.21 Å². The minimum absolute atomic E-state index is 0.0628. The second-order valence-corrected chi connectivity index (χ2v) is 3.53. The molecule has 1 unspecified atom stereocenters. The molecule has 0 fully saturated rings. The maximum absolute atomic E-state index is 11.7. The minimum Gasteiger partial charge on any atom is -0.633 e. The predicted octanol–water partition coefficient (Wildman–Crippen LogP) is 1.47. The van der Waals surface area contributed by atoms with Crippen LogP contribution in [-0.4, -0.2) is 30.3 Å². The monoisotopic (exact) mass is 174 g/mol. The molecule has 0 aromatic rings. The SMILES string of the molecule is CC[N+]([O-])(CC)CCCC(C)N. The van der Waals surface area contributed by atoms with Crippen molar-refractivity contribution in [1.29, 1.82) is 0 Å². The Hall–Kier alpha value is -0.120. The molecule has 0 rings (SSSR count). The van der Waals surface area contributed by atoms with E-state index >= 15 is 0 Å². The third-order valence-corrected chi connectivity index (χ3v) is 2.38. The lowest BCUT2D eigenvalue weighted by molar-refractivity contribution is -0.877. The van der Waals surface area contributed by atoms with E-state index < -0.39 is 0 Å². The number of hydroxylamine groups is 3. The Morgan fingerprint density at radius 1 is 1.33 bits per heavy atom. The molecule has 0 aromatic heterocycles. The number of hydrogen-bond donors (Lipinski definition) is 1. The molecule has 3 nitrogen and oxygen atoms in total. The van der Waals surface area contributed by atoms with Gasteiger partial charge in [-0.05, 0) is 33.6 Å². The van der Waals surface area contributed by atoms with Crippen LogP contribution in [0.2, 0.25) is 0 Å². The lowest BCUT2D eigenvalue weighted by Gasteiger charge is -2.41. The molecule has 3 heteroatoms. The van der Waals surface area contributed by atoms with Crippen molar-refractivity contribution in [3.8, 4) is 0 Å². The first-order valence-corrected chi connectivity index (χ1v) is 4.86. The Bertz CT molecular complexity index is 111. The van der Waals surface area contributed by atoms with Crippen LogP contribution in [0.4, 0.5) is 0 Å². The zero-order valence-corrected chi connectivity index (χ0v) is 8.55. The Morgan fingerprint density at radius 2 is 1.83 bits per heavy atom. The summed E-state index contributed by atoms with van der Waals surface area (Å²) in [6.45, 7) is 7.95. The molecule has 0 bridgehead atoms. The topological polar surface area (TPSA) is 49.1 Å². The number of nitrogens with two attached hydrogens (primary N) is 1. The van der Waals surface area contributed by atoms with Gasteiger partial charge in [-0.15, -0.1) is 0 Å². The van der Waals surface area contributed by atoms with E-state index in [4.69, 9.17) is 5.73 Å². The van der Waals surface area contributed by atoms with Gasteiger partial charge in [-0.3, -0.25) is 0 Å². The van der Waals surface area contributed by atoms with Crippen molar-refractivity contribution in [1.82, 2.24) is 0 Å². The molecule has 12 heavy (non-hydrogen) atoms. The Labute approximate surface area is 75.7 Å². The second kappa shape index (κ2) is 5.51. The lowest BCUT2D eigenvalue weighted by Crippen LogP contribution is -2.42. The van der Waals surface area contributed by atoms with Crippen molar-refractivity contribution in [3.63, 3.8) is 0 Å². The standard InChI is InChI=1S/C9H22N2O/c1-4-11(12,5-2)8-6-7-9(3)10/h9H,4-8,10H2,1-3H3. The van der Waals surface area contributed by atoms with E-state index in [0.717, 1.165) is 12.8 Å². The summed E-state index contributed by atoms with van der Waals surface area (Å²) in [5, 5.41) is 11.7. The first-order chi connectivity index (χ1) is 5.54.